The highest BCUT2D eigenvalue weighted by Crippen LogP contribution is 2.23. The van der Waals surface area contributed by atoms with Gasteiger partial charge in [-0.05, 0) is 58.1 Å². The minimum Gasteiger partial charge on any atom is -0.423 e. The van der Waals surface area contributed by atoms with Gasteiger partial charge in [0.25, 0.3) is 0 Å². The molecule has 0 bridgehead atoms. The van der Waals surface area contributed by atoms with E-state index in [0.717, 1.165) is 21.5 Å². The fourth-order valence-electron chi connectivity index (χ4n) is 3.92. The maximum Gasteiger partial charge on any atom is 0.344 e. The third-order valence-corrected chi connectivity index (χ3v) is 5.72. The van der Waals surface area contributed by atoms with Gasteiger partial charge in [0.15, 0.2) is 0 Å². The van der Waals surface area contributed by atoms with E-state index in [9.17, 15) is 14.4 Å². The number of anilines is 1. The quantitative estimate of drug-likeness (QED) is 0.116. The summed E-state index contributed by atoms with van der Waals surface area (Å²) in [5.74, 6) is -1.81. The first-order chi connectivity index (χ1) is 18.1. The van der Waals surface area contributed by atoms with Gasteiger partial charge in [0, 0.05) is 11.1 Å². The van der Waals surface area contributed by atoms with Gasteiger partial charge in [-0.25, -0.2) is 10.2 Å². The van der Waals surface area contributed by atoms with Gasteiger partial charge in [-0.1, -0.05) is 72.8 Å². The molecule has 0 atom stereocenters. The molecule has 0 fully saturated rings. The summed E-state index contributed by atoms with van der Waals surface area (Å²) >= 11 is 0. The van der Waals surface area contributed by atoms with Crippen LogP contribution in [0.15, 0.2) is 114 Å². The van der Waals surface area contributed by atoms with E-state index >= 15 is 0 Å². The number of benzene rings is 5. The third kappa shape index (κ3) is 5.36. The number of nitrogens with zero attached hydrogens (tertiary/aromatic N) is 1. The van der Waals surface area contributed by atoms with Gasteiger partial charge in [0.1, 0.15) is 5.75 Å². The molecule has 0 aromatic heterocycles. The highest BCUT2D eigenvalue weighted by Gasteiger charge is 2.14. The predicted octanol–water partition coefficient (Wildman–Crippen LogP) is 5.30. The number of hydrogen-bond acceptors (Lipinski definition) is 5. The lowest BCUT2D eigenvalue weighted by atomic mass is 10.0. The number of esters is 1. The van der Waals surface area contributed by atoms with Gasteiger partial charge < -0.3 is 10.1 Å². The number of carbonyl (C=O) groups excluding carboxylic acids is 3. The summed E-state index contributed by atoms with van der Waals surface area (Å²) in [5, 5.41) is 10.0. The van der Waals surface area contributed by atoms with Crippen molar-refractivity contribution in [2.45, 2.75) is 0 Å². The van der Waals surface area contributed by atoms with Crippen LogP contribution < -0.4 is 15.5 Å². The van der Waals surface area contributed by atoms with Gasteiger partial charge in [0.2, 0.25) is 0 Å². The number of amides is 2. The molecular formula is C30H21N3O4. The number of hydrazone groups is 1. The first-order valence-electron chi connectivity index (χ1n) is 11.5. The summed E-state index contributed by atoms with van der Waals surface area (Å²) in [7, 11) is 0. The van der Waals surface area contributed by atoms with E-state index in [1.165, 1.54) is 6.21 Å². The minimum atomic E-state index is -0.898. The van der Waals surface area contributed by atoms with E-state index in [0.29, 0.717) is 22.6 Å². The Hall–Kier alpha value is -5.30. The van der Waals surface area contributed by atoms with Crippen LogP contribution in [0.3, 0.4) is 0 Å². The number of carbonyl (C=O) groups is 3. The maximum atomic E-state index is 12.7. The van der Waals surface area contributed by atoms with Gasteiger partial charge in [-0.15, -0.1) is 0 Å². The molecule has 0 aliphatic rings. The average molecular weight is 488 g/mol. The Balaban J connectivity index is 1.18. The minimum absolute atomic E-state index is 0.369. The number of ether oxygens (including phenoxy) is 1. The van der Waals surface area contributed by atoms with Crippen LogP contribution in [0.5, 0.6) is 5.75 Å². The second-order valence-electron chi connectivity index (χ2n) is 8.17. The summed E-state index contributed by atoms with van der Waals surface area (Å²) in [5.41, 5.74) is 3.87. The average Bonchev–Trinajstić information content (AvgIpc) is 2.93. The Morgan fingerprint density at radius 3 is 2.03 bits per heavy atom. The van der Waals surface area contributed by atoms with E-state index in [-0.39, 0.29) is 0 Å². The first kappa shape index (κ1) is 23.4. The van der Waals surface area contributed by atoms with Crippen LogP contribution in [0.25, 0.3) is 21.5 Å². The molecule has 7 nitrogen and oxygen atoms in total. The molecule has 5 aromatic carbocycles. The lowest BCUT2D eigenvalue weighted by Gasteiger charge is -2.08. The Morgan fingerprint density at radius 1 is 0.649 bits per heavy atom. The molecule has 5 rings (SSSR count). The highest BCUT2D eigenvalue weighted by atomic mass is 16.5. The summed E-state index contributed by atoms with van der Waals surface area (Å²) in [6, 6.07) is 32.7. The molecule has 5 aromatic rings. The SMILES string of the molecule is O=C(N/N=C\c1ccc(OC(=O)c2cccc3ccccc23)cc1)C(=O)Nc1cccc2ccccc12. The van der Waals surface area contributed by atoms with Crippen molar-refractivity contribution >= 4 is 51.2 Å². The standard InChI is InChI=1S/C30H21N3O4/c34-28(32-27-14-6-10-22-8-2-4-12-25(22)27)29(35)33-31-19-20-15-17-23(18-16-20)37-30(36)26-13-5-9-21-7-1-3-11-24(21)26/h1-19H,(H,32,34)(H,33,35)/b31-19-. The molecular weight excluding hydrogens is 466 g/mol. The molecule has 0 radical (unpaired) electrons. The summed E-state index contributed by atoms with van der Waals surface area (Å²) in [4.78, 5) is 37.2. The van der Waals surface area contributed by atoms with Gasteiger partial charge in [-0.3, -0.25) is 9.59 Å². The van der Waals surface area contributed by atoms with Crippen LogP contribution in [-0.2, 0) is 9.59 Å². The largest absolute Gasteiger partial charge is 0.423 e. The van der Waals surface area contributed by atoms with Crippen LogP contribution in [0.4, 0.5) is 5.69 Å². The van der Waals surface area contributed by atoms with Crippen LogP contribution in [-0.4, -0.2) is 24.0 Å². The van der Waals surface area contributed by atoms with E-state index < -0.39 is 17.8 Å². The van der Waals surface area contributed by atoms with Gasteiger partial charge in [0.05, 0.1) is 11.8 Å². The zero-order valence-electron chi connectivity index (χ0n) is 19.5. The molecule has 0 aliphatic heterocycles. The van der Waals surface area contributed by atoms with Crippen molar-refractivity contribution < 1.29 is 19.1 Å². The summed E-state index contributed by atoms with van der Waals surface area (Å²) in [6.45, 7) is 0. The van der Waals surface area contributed by atoms with Crippen molar-refractivity contribution in [2.75, 3.05) is 5.32 Å². The summed E-state index contributed by atoms with van der Waals surface area (Å²) in [6.07, 6.45) is 1.39. The second-order valence-corrected chi connectivity index (χ2v) is 8.17. The van der Waals surface area contributed by atoms with Crippen LogP contribution >= 0.6 is 0 Å². The normalized spacial score (nSPS) is 10.9. The molecule has 2 amide bonds. The molecule has 180 valence electrons. The molecule has 0 aliphatic carbocycles. The monoisotopic (exact) mass is 487 g/mol. The van der Waals surface area contributed by atoms with Crippen molar-refractivity contribution in [3.8, 4) is 5.75 Å². The van der Waals surface area contributed by atoms with Crippen molar-refractivity contribution in [1.82, 2.24) is 5.43 Å². The smallest absolute Gasteiger partial charge is 0.344 e. The zero-order valence-corrected chi connectivity index (χ0v) is 19.5. The lowest BCUT2D eigenvalue weighted by molar-refractivity contribution is -0.136. The molecule has 0 spiro atoms. The fraction of sp³-hybridized carbons (Fsp3) is 0. The number of nitrogens with one attached hydrogen (secondary N) is 2. The van der Waals surface area contributed by atoms with Crippen molar-refractivity contribution in [3.63, 3.8) is 0 Å². The lowest BCUT2D eigenvalue weighted by Crippen LogP contribution is -2.32. The Bertz CT molecular complexity index is 1650. The Kier molecular flexibility index (Phi) is 6.67. The molecule has 0 heterocycles. The number of hydrogen-bond donors (Lipinski definition) is 2. The van der Waals surface area contributed by atoms with Crippen LogP contribution in [0.2, 0.25) is 0 Å². The second kappa shape index (κ2) is 10.5. The van der Waals surface area contributed by atoms with E-state index in [2.05, 4.69) is 15.8 Å². The van der Waals surface area contributed by atoms with Crippen LogP contribution in [0.1, 0.15) is 15.9 Å². The first-order valence-corrected chi connectivity index (χ1v) is 11.5. The number of fused-ring (bicyclic) bond motifs is 2. The van der Waals surface area contributed by atoms with Crippen molar-refractivity contribution in [2.24, 2.45) is 5.10 Å². The molecule has 7 heteroatoms. The third-order valence-electron chi connectivity index (χ3n) is 5.72. The van der Waals surface area contributed by atoms with E-state index in [1.807, 2.05) is 66.7 Å². The van der Waals surface area contributed by atoms with Crippen molar-refractivity contribution in [3.05, 3.63) is 120 Å². The summed E-state index contributed by atoms with van der Waals surface area (Å²) < 4.78 is 5.52. The molecule has 0 unspecified atom stereocenters. The Morgan fingerprint density at radius 2 is 1.27 bits per heavy atom. The number of rotatable bonds is 5. The molecule has 0 saturated heterocycles. The van der Waals surface area contributed by atoms with Crippen LogP contribution in [0, 0.1) is 0 Å². The Labute approximate surface area is 212 Å². The van der Waals surface area contributed by atoms with Gasteiger partial charge in [-0.2, -0.15) is 5.10 Å². The molecule has 0 saturated carbocycles. The molecule has 37 heavy (non-hydrogen) atoms. The van der Waals surface area contributed by atoms with E-state index in [4.69, 9.17) is 4.74 Å². The van der Waals surface area contributed by atoms with E-state index in [1.54, 1.807) is 42.5 Å². The highest BCUT2D eigenvalue weighted by molar-refractivity contribution is 6.40. The van der Waals surface area contributed by atoms with Gasteiger partial charge >= 0.3 is 17.8 Å². The fourth-order valence-corrected chi connectivity index (χ4v) is 3.92. The topological polar surface area (TPSA) is 96.9 Å². The zero-order chi connectivity index (χ0) is 25.6. The maximum absolute atomic E-state index is 12.7. The van der Waals surface area contributed by atoms with Crippen molar-refractivity contribution in [1.29, 1.82) is 0 Å². The predicted molar refractivity (Wildman–Crippen MR) is 144 cm³/mol. The molecule has 2 N–H and O–H groups in total.